The van der Waals surface area contributed by atoms with Crippen molar-refractivity contribution in [3.8, 4) is 0 Å². The largest absolute Gasteiger partial charge is 0.435 e. The second-order valence-corrected chi connectivity index (χ2v) is 8.62. The molecular formula is C21H32NO4P. The summed E-state index contributed by atoms with van der Waals surface area (Å²) in [6.07, 6.45) is 5.45. The van der Waals surface area contributed by atoms with Gasteiger partial charge in [-0.2, -0.15) is 0 Å². The zero-order valence-corrected chi connectivity index (χ0v) is 17.7. The summed E-state index contributed by atoms with van der Waals surface area (Å²) < 4.78 is 26.4. The summed E-state index contributed by atoms with van der Waals surface area (Å²) in [6, 6.07) is 9.82. The lowest BCUT2D eigenvalue weighted by molar-refractivity contribution is -0.117. The third-order valence-electron chi connectivity index (χ3n) is 4.66. The molecule has 0 heterocycles. The average Bonchev–Trinajstić information content (AvgIpc) is 2.65. The third-order valence-corrected chi connectivity index (χ3v) is 6.80. The van der Waals surface area contributed by atoms with Crippen molar-refractivity contribution in [2.75, 3.05) is 13.2 Å². The van der Waals surface area contributed by atoms with Crippen LogP contribution in [0.25, 0.3) is 0 Å². The van der Waals surface area contributed by atoms with Gasteiger partial charge in [-0.1, -0.05) is 56.5 Å². The number of hydrogen-bond donors (Lipinski definition) is 0. The first-order valence-electron chi connectivity index (χ1n) is 10.0. The molecule has 0 saturated heterocycles. The molecule has 0 unspecified atom stereocenters. The highest BCUT2D eigenvalue weighted by molar-refractivity contribution is 7.51. The van der Waals surface area contributed by atoms with E-state index in [1.54, 1.807) is 18.5 Å². The Balaban J connectivity index is 2.31. The maximum atomic E-state index is 13.5. The molecule has 5 nitrogen and oxygen atoms in total. The quantitative estimate of drug-likeness (QED) is 0.310. The van der Waals surface area contributed by atoms with Crippen molar-refractivity contribution in [2.24, 2.45) is 0 Å². The summed E-state index contributed by atoms with van der Waals surface area (Å²) in [4.78, 5) is 12.2. The summed E-state index contributed by atoms with van der Waals surface area (Å²) in [5, 5.41) is 0. The number of ketones is 1. The topological polar surface area (TPSA) is 55.8 Å². The lowest BCUT2D eigenvalue weighted by atomic mass is 9.88. The van der Waals surface area contributed by atoms with Gasteiger partial charge in [0, 0.05) is 11.3 Å². The van der Waals surface area contributed by atoms with Gasteiger partial charge in [-0.3, -0.25) is 18.5 Å². The van der Waals surface area contributed by atoms with E-state index < -0.39 is 7.75 Å². The van der Waals surface area contributed by atoms with Crippen molar-refractivity contribution in [1.29, 1.82) is 0 Å². The van der Waals surface area contributed by atoms with Gasteiger partial charge in [0.05, 0.1) is 26.2 Å². The van der Waals surface area contributed by atoms with Crippen LogP contribution in [0.15, 0.2) is 41.6 Å². The van der Waals surface area contributed by atoms with Crippen LogP contribution < -0.4 is 0 Å². The SMILES string of the molecule is CCCCCCC1=C(N(Cc2ccccc2)P(=O)(OCC)OCC)CC1=O. The molecule has 0 N–H and O–H groups in total. The van der Waals surface area contributed by atoms with Crippen LogP contribution in [0, 0.1) is 0 Å². The lowest BCUT2D eigenvalue weighted by Gasteiger charge is -2.38. The first-order chi connectivity index (χ1) is 13.1. The molecule has 27 heavy (non-hydrogen) atoms. The van der Waals surface area contributed by atoms with Gasteiger partial charge in [0.2, 0.25) is 0 Å². The number of hydrogen-bond acceptors (Lipinski definition) is 4. The third kappa shape index (κ3) is 5.78. The Bertz CT molecular complexity index is 677. The molecular weight excluding hydrogens is 361 g/mol. The van der Waals surface area contributed by atoms with Crippen molar-refractivity contribution < 1.29 is 18.4 Å². The van der Waals surface area contributed by atoms with Crippen LogP contribution in [-0.4, -0.2) is 23.7 Å². The van der Waals surface area contributed by atoms with E-state index in [1.807, 2.05) is 30.3 Å². The van der Waals surface area contributed by atoms with Crippen molar-refractivity contribution in [3.05, 3.63) is 47.2 Å². The number of nitrogens with zero attached hydrogens (tertiary/aromatic N) is 1. The number of allylic oxidation sites excluding steroid dienone is 2. The molecule has 0 atom stereocenters. The number of rotatable bonds is 13. The van der Waals surface area contributed by atoms with Crippen molar-refractivity contribution in [3.63, 3.8) is 0 Å². The lowest BCUT2D eigenvalue weighted by Crippen LogP contribution is -2.32. The highest BCUT2D eigenvalue weighted by atomic mass is 31.2. The minimum absolute atomic E-state index is 0.152. The Labute approximate surface area is 163 Å². The second kappa shape index (κ2) is 10.8. The van der Waals surface area contributed by atoms with Gasteiger partial charge >= 0.3 is 7.75 Å². The molecule has 6 heteroatoms. The summed E-state index contributed by atoms with van der Waals surface area (Å²) in [7, 11) is -3.50. The summed E-state index contributed by atoms with van der Waals surface area (Å²) in [6.45, 7) is 6.75. The number of unbranched alkanes of at least 4 members (excludes halogenated alkanes) is 3. The highest BCUT2D eigenvalue weighted by Crippen LogP contribution is 2.57. The maximum Gasteiger partial charge on any atom is 0.435 e. The monoisotopic (exact) mass is 393 g/mol. The number of carbonyl (C=O) groups is 1. The van der Waals surface area contributed by atoms with E-state index >= 15 is 0 Å². The number of Topliss-reactive ketones (excluding diaryl/α,β-unsaturated/α-hetero) is 1. The number of carbonyl (C=O) groups excluding carboxylic acids is 1. The maximum absolute atomic E-state index is 13.5. The Morgan fingerprint density at radius 3 is 2.22 bits per heavy atom. The van der Waals surface area contributed by atoms with Gasteiger partial charge < -0.3 is 0 Å². The fourth-order valence-electron chi connectivity index (χ4n) is 3.27. The molecule has 0 saturated carbocycles. The van der Waals surface area contributed by atoms with E-state index in [0.717, 1.165) is 42.5 Å². The molecule has 0 aromatic heterocycles. The summed E-state index contributed by atoms with van der Waals surface area (Å²) in [5.74, 6) is 0.152. The van der Waals surface area contributed by atoms with Gasteiger partial charge in [-0.25, -0.2) is 4.57 Å². The molecule has 0 aliphatic heterocycles. The van der Waals surface area contributed by atoms with Crippen LogP contribution >= 0.6 is 7.75 Å². The van der Waals surface area contributed by atoms with E-state index in [9.17, 15) is 9.36 Å². The summed E-state index contributed by atoms with van der Waals surface area (Å²) >= 11 is 0. The van der Waals surface area contributed by atoms with Gasteiger partial charge in [0.15, 0.2) is 5.78 Å². The van der Waals surface area contributed by atoms with E-state index in [2.05, 4.69) is 6.92 Å². The van der Waals surface area contributed by atoms with Gasteiger partial charge in [0.1, 0.15) is 0 Å². The molecule has 1 aromatic rings. The Morgan fingerprint density at radius 1 is 1.00 bits per heavy atom. The minimum atomic E-state index is -3.50. The fraction of sp³-hybridized carbons (Fsp3) is 0.571. The van der Waals surface area contributed by atoms with Crippen LogP contribution in [-0.2, 0) is 25.0 Å². The Morgan fingerprint density at radius 2 is 1.67 bits per heavy atom. The minimum Gasteiger partial charge on any atom is -0.294 e. The number of benzene rings is 1. The molecule has 1 aliphatic carbocycles. The zero-order valence-electron chi connectivity index (χ0n) is 16.8. The highest BCUT2D eigenvalue weighted by Gasteiger charge is 2.41. The van der Waals surface area contributed by atoms with Crippen LogP contribution in [0.4, 0.5) is 0 Å². The molecule has 150 valence electrons. The van der Waals surface area contributed by atoms with Crippen LogP contribution in [0.2, 0.25) is 0 Å². The molecule has 0 radical (unpaired) electrons. The summed E-state index contributed by atoms with van der Waals surface area (Å²) in [5.41, 5.74) is 2.63. The molecule has 0 bridgehead atoms. The fourth-order valence-corrected chi connectivity index (χ4v) is 5.10. The molecule has 0 amide bonds. The molecule has 0 spiro atoms. The smallest absolute Gasteiger partial charge is 0.294 e. The molecule has 1 aliphatic rings. The molecule has 0 fully saturated rings. The average molecular weight is 393 g/mol. The van der Waals surface area contributed by atoms with Crippen LogP contribution in [0.3, 0.4) is 0 Å². The molecule has 2 rings (SSSR count). The van der Waals surface area contributed by atoms with Gasteiger partial charge in [0.25, 0.3) is 0 Å². The van der Waals surface area contributed by atoms with Crippen molar-refractivity contribution >= 4 is 13.5 Å². The Kier molecular flexibility index (Phi) is 8.75. The Hall–Kier alpha value is -1.42. The first kappa shape index (κ1) is 21.9. The molecule has 1 aromatic carbocycles. The predicted octanol–water partition coefficient (Wildman–Crippen LogP) is 5.87. The van der Waals surface area contributed by atoms with E-state index in [1.165, 1.54) is 6.42 Å². The van der Waals surface area contributed by atoms with Gasteiger partial charge in [-0.05, 0) is 32.3 Å². The van der Waals surface area contributed by atoms with Crippen molar-refractivity contribution in [1.82, 2.24) is 4.67 Å². The first-order valence-corrected chi connectivity index (χ1v) is 11.5. The zero-order chi connectivity index (χ0) is 19.7. The predicted molar refractivity (Wildman–Crippen MR) is 108 cm³/mol. The van der Waals surface area contributed by atoms with Crippen molar-refractivity contribution in [2.45, 2.75) is 65.8 Å². The van der Waals surface area contributed by atoms with Gasteiger partial charge in [-0.15, -0.1) is 0 Å². The normalized spacial score (nSPS) is 14.4. The van der Waals surface area contributed by atoms with E-state index in [4.69, 9.17) is 9.05 Å². The van der Waals surface area contributed by atoms with E-state index in [-0.39, 0.29) is 19.0 Å². The van der Waals surface area contributed by atoms with Crippen LogP contribution in [0.5, 0.6) is 0 Å². The van der Waals surface area contributed by atoms with Crippen LogP contribution in [0.1, 0.15) is 64.9 Å². The van der Waals surface area contributed by atoms with E-state index in [0.29, 0.717) is 13.0 Å². The standard InChI is InChI=1S/C21H32NO4P/c1-4-7-8-12-15-19-20(16-21(19)23)22(17-18-13-10-9-11-14-18)27(24,25-5-2)26-6-3/h9-11,13-14H,4-8,12,15-17H2,1-3H3. The second-order valence-electron chi connectivity index (χ2n) is 6.68.